The molecule has 524 valence electrons. The van der Waals surface area contributed by atoms with Crippen molar-refractivity contribution in [1.29, 1.82) is 0 Å². The second kappa shape index (κ2) is 38.3. The third-order valence-corrected chi connectivity index (χ3v) is 18.3. The van der Waals surface area contributed by atoms with Crippen LogP contribution >= 0.6 is 0 Å². The van der Waals surface area contributed by atoms with Crippen molar-refractivity contribution in [2.24, 2.45) is 5.92 Å². The quantitative estimate of drug-likeness (QED) is 0.0336. The number of rotatable bonds is 26. The van der Waals surface area contributed by atoms with Crippen molar-refractivity contribution < 1.29 is 132 Å². The van der Waals surface area contributed by atoms with Crippen molar-refractivity contribution in [3.05, 3.63) is 0 Å². The average Bonchev–Trinajstić information content (AvgIpc) is 1.04. The molecule has 0 aromatic rings. The number of aliphatic hydroxyl groups excluding tert-OH is 11. The lowest BCUT2D eigenvalue weighted by molar-refractivity contribution is -0.396. The highest BCUT2D eigenvalue weighted by molar-refractivity contribution is 5.73. The first-order chi connectivity index (χ1) is 43.0. The Morgan fingerprint density at radius 1 is 0.489 bits per heavy atom. The molecule has 6 heterocycles. The summed E-state index contributed by atoms with van der Waals surface area (Å²) >= 11 is 0. The smallest absolute Gasteiger partial charge is 0.311 e. The largest absolute Gasteiger partial charge is 0.456 e. The third kappa shape index (κ3) is 21.3. The lowest BCUT2D eigenvalue weighted by Crippen LogP contribution is -2.68. The zero-order chi connectivity index (χ0) is 65.8. The van der Waals surface area contributed by atoms with E-state index >= 15 is 0 Å². The number of esters is 3. The van der Waals surface area contributed by atoms with Crippen LogP contribution in [-0.2, 0) is 76.0 Å². The summed E-state index contributed by atoms with van der Waals surface area (Å²) in [5.74, 6) is -3.67. The highest BCUT2D eigenvalue weighted by Crippen LogP contribution is 2.39. The molecule has 90 heavy (non-hydrogen) atoms. The predicted molar refractivity (Wildman–Crippen MR) is 315 cm³/mol. The Balaban J connectivity index is 1.31. The Bertz CT molecular complexity index is 2060. The van der Waals surface area contributed by atoms with E-state index in [2.05, 4.69) is 13.8 Å². The van der Waals surface area contributed by atoms with Crippen LogP contribution in [0.25, 0.3) is 0 Å². The Morgan fingerprint density at radius 2 is 1.02 bits per heavy atom. The van der Waals surface area contributed by atoms with E-state index in [4.69, 9.17) is 61.6 Å². The number of unbranched alkanes of at least 4 members (excludes halogenated alkanes) is 10. The second-order valence-corrected chi connectivity index (χ2v) is 25.6. The van der Waals surface area contributed by atoms with Crippen LogP contribution in [0.5, 0.6) is 0 Å². The van der Waals surface area contributed by atoms with Gasteiger partial charge in [0.2, 0.25) is 0 Å². The lowest BCUT2D eigenvalue weighted by Gasteiger charge is -2.50. The molecule has 0 aliphatic carbocycles. The SMILES string of the molecule is CCCCCCCCCCCC(=O)O[C@H]1[C@H](O[C@@H]2[C@@H](O)[C@H]3OC(=O)CCCCCCCCCC(CCCCC)O[C@@H]4O[C@H](CO)[C@@H](O)[C@H](O)[C@H]4O[C@H]3O[C@H]2C)O[C@@H](C)[C@H](O[C@@H]2O[C@@H](C)[C@H](O)[C@@H](OC(=O)C(C)C(C)O)[C@H]2O[C@H]2O[C@H](CO)[C@@H](O)[C@H](O)[C@H]2O)[C@H]1O. The first-order valence-corrected chi connectivity index (χ1v) is 33.5. The Hall–Kier alpha value is -2.43. The van der Waals surface area contributed by atoms with Crippen molar-refractivity contribution >= 4 is 17.9 Å². The Kier molecular flexibility index (Phi) is 32.6. The van der Waals surface area contributed by atoms with Crippen LogP contribution in [0.2, 0.25) is 0 Å². The normalized spacial score (nSPS) is 41.0. The van der Waals surface area contributed by atoms with Crippen molar-refractivity contribution in [3.63, 3.8) is 0 Å². The van der Waals surface area contributed by atoms with E-state index in [9.17, 15) is 70.6 Å². The maximum atomic E-state index is 14.0. The van der Waals surface area contributed by atoms with E-state index in [0.29, 0.717) is 32.1 Å². The molecule has 6 aliphatic rings. The molecule has 0 saturated carbocycles. The summed E-state index contributed by atoms with van der Waals surface area (Å²) in [6.07, 6.45) is -24.9. The number of hydrogen-bond acceptors (Lipinski definition) is 27. The minimum atomic E-state index is -2.02. The number of aliphatic hydroxyl groups is 11. The van der Waals surface area contributed by atoms with Gasteiger partial charge in [-0.2, -0.15) is 0 Å². The average molecular weight is 1300 g/mol. The summed E-state index contributed by atoms with van der Waals surface area (Å²) in [7, 11) is 0. The first-order valence-electron chi connectivity index (χ1n) is 33.5. The molecule has 27 nitrogen and oxygen atoms in total. The minimum absolute atomic E-state index is 0.0525. The Morgan fingerprint density at radius 3 is 1.67 bits per heavy atom. The molecule has 0 aromatic carbocycles. The molecule has 27 heteroatoms. The number of hydrogen-bond donors (Lipinski definition) is 11. The van der Waals surface area contributed by atoms with Gasteiger partial charge in [0.25, 0.3) is 0 Å². The third-order valence-electron chi connectivity index (χ3n) is 18.3. The molecule has 6 aliphatic heterocycles. The summed E-state index contributed by atoms with van der Waals surface area (Å²) in [5, 5.41) is 123. The molecule has 6 fully saturated rings. The summed E-state index contributed by atoms with van der Waals surface area (Å²) in [4.78, 5) is 41.4. The molecular weight excluding hydrogens is 1190 g/mol. The highest BCUT2D eigenvalue weighted by Gasteiger charge is 2.58. The van der Waals surface area contributed by atoms with Crippen LogP contribution in [0, 0.1) is 5.92 Å². The van der Waals surface area contributed by atoms with Gasteiger partial charge in [-0.3, -0.25) is 14.4 Å². The fourth-order valence-electron chi connectivity index (χ4n) is 12.4. The maximum absolute atomic E-state index is 14.0. The van der Waals surface area contributed by atoms with Crippen molar-refractivity contribution in [1.82, 2.24) is 0 Å². The van der Waals surface area contributed by atoms with Gasteiger partial charge in [-0.05, 0) is 60.3 Å². The van der Waals surface area contributed by atoms with Gasteiger partial charge in [0.05, 0.1) is 49.7 Å². The molecule has 0 radical (unpaired) electrons. The van der Waals surface area contributed by atoms with E-state index in [1.807, 2.05) is 0 Å². The molecule has 6 rings (SSSR count). The lowest BCUT2D eigenvalue weighted by atomic mass is 9.95. The van der Waals surface area contributed by atoms with Gasteiger partial charge in [0, 0.05) is 12.8 Å². The molecule has 6 saturated heterocycles. The number of ether oxygens (including phenoxy) is 13. The van der Waals surface area contributed by atoms with E-state index in [1.165, 1.54) is 34.6 Å². The molecule has 0 amide bonds. The fourth-order valence-corrected chi connectivity index (χ4v) is 12.4. The van der Waals surface area contributed by atoms with Gasteiger partial charge in [-0.15, -0.1) is 0 Å². The van der Waals surface area contributed by atoms with Crippen molar-refractivity contribution in [2.45, 2.75) is 362 Å². The summed E-state index contributed by atoms with van der Waals surface area (Å²) in [6, 6.07) is 0. The van der Waals surface area contributed by atoms with Gasteiger partial charge in [-0.25, -0.2) is 0 Å². The molecule has 0 aromatic heterocycles. The van der Waals surface area contributed by atoms with E-state index < -0.39 is 197 Å². The van der Waals surface area contributed by atoms with Gasteiger partial charge in [0.1, 0.15) is 79.4 Å². The highest BCUT2D eigenvalue weighted by atomic mass is 16.8. The van der Waals surface area contributed by atoms with E-state index in [1.54, 1.807) is 0 Å². The number of carbonyl (C=O) groups is 3. The topological polar surface area (TPSA) is 394 Å². The molecule has 11 N–H and O–H groups in total. The molecule has 28 atom stereocenters. The molecular formula is C63H110O27. The number of fused-ring (bicyclic) bond motifs is 2. The van der Waals surface area contributed by atoms with Crippen molar-refractivity contribution in [3.8, 4) is 0 Å². The van der Waals surface area contributed by atoms with Crippen molar-refractivity contribution in [2.75, 3.05) is 13.2 Å². The molecule has 0 spiro atoms. The van der Waals surface area contributed by atoms with Gasteiger partial charge in [0.15, 0.2) is 55.9 Å². The van der Waals surface area contributed by atoms with Crippen LogP contribution in [0.3, 0.4) is 0 Å². The second-order valence-electron chi connectivity index (χ2n) is 25.6. The summed E-state index contributed by atoms with van der Waals surface area (Å²) in [6.45, 7) is 9.79. The van der Waals surface area contributed by atoms with E-state index in [0.717, 1.165) is 103 Å². The van der Waals surface area contributed by atoms with Gasteiger partial charge in [-0.1, -0.05) is 123 Å². The van der Waals surface area contributed by atoms with Gasteiger partial charge < -0.3 is 118 Å². The van der Waals surface area contributed by atoms with Crippen LogP contribution < -0.4 is 0 Å². The van der Waals surface area contributed by atoms with Crippen LogP contribution in [0.4, 0.5) is 0 Å². The number of carbonyl (C=O) groups excluding carboxylic acids is 3. The first kappa shape index (κ1) is 76.6. The monoisotopic (exact) mass is 1300 g/mol. The Labute approximate surface area is 529 Å². The summed E-state index contributed by atoms with van der Waals surface area (Å²) < 4.78 is 80.9. The minimum Gasteiger partial charge on any atom is -0.456 e. The van der Waals surface area contributed by atoms with E-state index in [-0.39, 0.29) is 18.9 Å². The fraction of sp³-hybridized carbons (Fsp3) is 0.952. The zero-order valence-corrected chi connectivity index (χ0v) is 53.8. The molecule has 0 bridgehead atoms. The standard InChI is InChI=1S/C63H110O27/c1-8-10-12-13-14-15-18-21-25-29-41(67)84-55-50(76)52(88-63-57(90-59-48(74)46(72)44(70)39(31-64)82-59)53(43(69)35(5)78-63)86-58(77)33(3)34(4)66)37(7)79-60(55)87-51-36(6)80-61-56(49(51)75)85-42(68)30-26-22-19-16-17-20-24-28-38(27-23-11-9-2)81-62-54(89-61)47(73)45(71)40(32-65)83-62/h33-40,43-57,59-66,69-76H,8-32H2,1-7H3/t33?,34?,35-,36-,37-,38?,39+,40+,43-,44+,45+,46-,47-,48+,49+,50+,51-,52-,53+,54+,55+,56+,57+,59+,60-,61+,62+,63-/m0/s1. The van der Waals surface area contributed by atoms with Crippen LogP contribution in [-0.4, -0.2) is 253 Å². The zero-order valence-electron chi connectivity index (χ0n) is 53.8. The van der Waals surface area contributed by atoms with Gasteiger partial charge >= 0.3 is 17.9 Å². The molecule has 3 unspecified atom stereocenters. The predicted octanol–water partition coefficient (Wildman–Crippen LogP) is 2.25. The summed E-state index contributed by atoms with van der Waals surface area (Å²) in [5.41, 5.74) is 0. The van der Waals surface area contributed by atoms with Crippen LogP contribution in [0.15, 0.2) is 0 Å². The van der Waals surface area contributed by atoms with Crippen LogP contribution in [0.1, 0.15) is 196 Å². The maximum Gasteiger partial charge on any atom is 0.311 e.